The van der Waals surface area contributed by atoms with Gasteiger partial charge in [-0.3, -0.25) is 0 Å². The average molecular weight is 680 g/mol. The maximum absolute atomic E-state index is 2.47. The van der Waals surface area contributed by atoms with Gasteiger partial charge in [0.2, 0.25) is 0 Å². The van der Waals surface area contributed by atoms with E-state index in [2.05, 4.69) is 220 Å². The summed E-state index contributed by atoms with van der Waals surface area (Å²) < 4.78 is 0. The van der Waals surface area contributed by atoms with Gasteiger partial charge in [0.25, 0.3) is 0 Å². The Morgan fingerprint density at radius 2 is 0.868 bits per heavy atom. The van der Waals surface area contributed by atoms with Crippen LogP contribution >= 0.6 is 0 Å². The lowest BCUT2D eigenvalue weighted by atomic mass is 9.87. The molecule has 0 fully saturated rings. The van der Waals surface area contributed by atoms with E-state index in [1.165, 1.54) is 71.3 Å². The zero-order valence-corrected chi connectivity index (χ0v) is 30.4. The highest BCUT2D eigenvalue weighted by molar-refractivity contribution is 6.14. The van der Waals surface area contributed by atoms with Crippen LogP contribution in [0.4, 0.5) is 17.1 Å². The molecule has 53 heavy (non-hydrogen) atoms. The quantitative estimate of drug-likeness (QED) is 0.158. The summed E-state index contributed by atoms with van der Waals surface area (Å²) in [5, 5.41) is 7.52. The molecule has 0 amide bonds. The number of hydrogen-bond donors (Lipinski definition) is 0. The molecule has 0 radical (unpaired) electrons. The number of nitrogens with zero attached hydrogens (tertiary/aromatic N) is 1. The molecule has 0 heterocycles. The van der Waals surface area contributed by atoms with Gasteiger partial charge in [-0.2, -0.15) is 0 Å². The van der Waals surface area contributed by atoms with Gasteiger partial charge in [-0.05, 0) is 89.8 Å². The van der Waals surface area contributed by atoms with Gasteiger partial charge in [-0.15, -0.1) is 0 Å². The average Bonchev–Trinajstić information content (AvgIpc) is 3.21. The van der Waals surface area contributed by atoms with Crippen LogP contribution in [0.5, 0.6) is 0 Å². The molecule has 1 nitrogen and oxygen atoms in total. The van der Waals surface area contributed by atoms with Crippen molar-refractivity contribution >= 4 is 49.4 Å². The van der Waals surface area contributed by atoms with E-state index in [4.69, 9.17) is 0 Å². The van der Waals surface area contributed by atoms with Gasteiger partial charge in [0.05, 0.1) is 11.4 Å². The smallest absolute Gasteiger partial charge is 0.0540 e. The first-order valence-corrected chi connectivity index (χ1v) is 18.5. The SMILES string of the molecule is CC(C)(C)c1ccc(N(c2ccccc2-c2cccc3c2ccc2ccccc23)c2ccccc2-c2cccc3cccc(-c4ccccc4)c23)cc1. The van der Waals surface area contributed by atoms with Crippen LogP contribution in [-0.4, -0.2) is 0 Å². The molecule has 0 bridgehead atoms. The van der Waals surface area contributed by atoms with Crippen molar-refractivity contribution in [2.75, 3.05) is 4.90 Å². The molecule has 1 heteroatoms. The van der Waals surface area contributed by atoms with E-state index in [1.54, 1.807) is 0 Å². The Kier molecular flexibility index (Phi) is 8.13. The third-order valence-corrected chi connectivity index (χ3v) is 10.6. The highest BCUT2D eigenvalue weighted by Crippen LogP contribution is 2.48. The minimum Gasteiger partial charge on any atom is -0.309 e. The van der Waals surface area contributed by atoms with Crippen LogP contribution in [0.15, 0.2) is 194 Å². The van der Waals surface area contributed by atoms with Crippen LogP contribution in [0, 0.1) is 0 Å². The Hall–Kier alpha value is -6.44. The third-order valence-electron chi connectivity index (χ3n) is 10.6. The van der Waals surface area contributed by atoms with E-state index in [0.717, 1.165) is 17.1 Å². The predicted octanol–water partition coefficient (Wildman–Crippen LogP) is 14.9. The summed E-state index contributed by atoms with van der Waals surface area (Å²) in [6.07, 6.45) is 0. The number of hydrogen-bond acceptors (Lipinski definition) is 1. The minimum absolute atomic E-state index is 0.0433. The van der Waals surface area contributed by atoms with E-state index in [-0.39, 0.29) is 5.41 Å². The first kappa shape index (κ1) is 32.5. The first-order valence-electron chi connectivity index (χ1n) is 18.5. The summed E-state index contributed by atoms with van der Waals surface area (Å²) in [5.74, 6) is 0. The van der Waals surface area contributed by atoms with Gasteiger partial charge in [0, 0.05) is 16.8 Å². The lowest BCUT2D eigenvalue weighted by Crippen LogP contribution is -2.14. The van der Waals surface area contributed by atoms with E-state index in [0.29, 0.717) is 0 Å². The third kappa shape index (κ3) is 5.85. The molecule has 0 aliphatic rings. The molecule has 0 saturated heterocycles. The van der Waals surface area contributed by atoms with Crippen molar-refractivity contribution in [3.05, 3.63) is 200 Å². The summed E-state index contributed by atoms with van der Waals surface area (Å²) in [6, 6.07) is 71.1. The van der Waals surface area contributed by atoms with Crippen molar-refractivity contribution in [3.63, 3.8) is 0 Å². The molecule has 0 spiro atoms. The largest absolute Gasteiger partial charge is 0.309 e. The summed E-state index contributed by atoms with van der Waals surface area (Å²) in [6.45, 7) is 6.83. The molecule has 0 saturated carbocycles. The van der Waals surface area contributed by atoms with Crippen molar-refractivity contribution in [3.8, 4) is 33.4 Å². The molecule has 9 aromatic rings. The summed E-state index contributed by atoms with van der Waals surface area (Å²) in [5.41, 5.74) is 12.0. The molecule has 9 rings (SSSR count). The zero-order chi connectivity index (χ0) is 35.9. The Morgan fingerprint density at radius 1 is 0.340 bits per heavy atom. The molecular formula is C52H41N. The van der Waals surface area contributed by atoms with Crippen LogP contribution in [0.2, 0.25) is 0 Å². The van der Waals surface area contributed by atoms with Crippen molar-refractivity contribution in [1.29, 1.82) is 0 Å². The van der Waals surface area contributed by atoms with Crippen molar-refractivity contribution in [1.82, 2.24) is 0 Å². The highest BCUT2D eigenvalue weighted by atomic mass is 15.1. The fourth-order valence-electron chi connectivity index (χ4n) is 8.01. The second-order valence-corrected chi connectivity index (χ2v) is 14.9. The van der Waals surface area contributed by atoms with Crippen molar-refractivity contribution in [2.45, 2.75) is 26.2 Å². The summed E-state index contributed by atoms with van der Waals surface area (Å²) in [4.78, 5) is 2.47. The van der Waals surface area contributed by atoms with E-state index in [9.17, 15) is 0 Å². The molecule has 0 unspecified atom stereocenters. The Morgan fingerprint density at radius 3 is 1.58 bits per heavy atom. The molecular weight excluding hydrogens is 639 g/mol. The zero-order valence-electron chi connectivity index (χ0n) is 30.4. The van der Waals surface area contributed by atoms with Gasteiger partial charge in [0.1, 0.15) is 0 Å². The first-order chi connectivity index (χ1) is 26.0. The van der Waals surface area contributed by atoms with Gasteiger partial charge in [0.15, 0.2) is 0 Å². The number of rotatable bonds is 6. The second kappa shape index (κ2) is 13.3. The van der Waals surface area contributed by atoms with Gasteiger partial charge < -0.3 is 4.90 Å². The van der Waals surface area contributed by atoms with Crippen LogP contribution in [0.25, 0.3) is 65.7 Å². The van der Waals surface area contributed by atoms with Crippen molar-refractivity contribution < 1.29 is 0 Å². The monoisotopic (exact) mass is 679 g/mol. The summed E-state index contributed by atoms with van der Waals surface area (Å²) in [7, 11) is 0. The molecule has 9 aromatic carbocycles. The standard InChI is InChI=1S/C52H41N/c1-52(2,3)39-31-33-40(34-32-39)53(49-28-11-9-22-46(49)44-26-15-25-43-41-21-8-7-18-37(41)30-35-45(43)44)50-29-12-10-23-47(50)48-27-14-20-38-19-13-24-42(51(38)48)36-16-5-4-6-17-36/h4-35H,1-3H3. The molecule has 0 aliphatic heterocycles. The summed E-state index contributed by atoms with van der Waals surface area (Å²) >= 11 is 0. The van der Waals surface area contributed by atoms with Crippen LogP contribution in [-0.2, 0) is 5.41 Å². The normalized spacial score (nSPS) is 11.7. The van der Waals surface area contributed by atoms with Gasteiger partial charge in [-0.1, -0.05) is 191 Å². The van der Waals surface area contributed by atoms with Crippen LogP contribution < -0.4 is 4.90 Å². The molecule has 0 aromatic heterocycles. The predicted molar refractivity (Wildman–Crippen MR) is 229 cm³/mol. The fraction of sp³-hybridized carbons (Fsp3) is 0.0769. The van der Waals surface area contributed by atoms with Gasteiger partial charge >= 0.3 is 0 Å². The van der Waals surface area contributed by atoms with Crippen LogP contribution in [0.1, 0.15) is 26.3 Å². The lowest BCUT2D eigenvalue weighted by molar-refractivity contribution is 0.590. The molecule has 254 valence electrons. The topological polar surface area (TPSA) is 3.24 Å². The second-order valence-electron chi connectivity index (χ2n) is 14.9. The van der Waals surface area contributed by atoms with Gasteiger partial charge in [-0.25, -0.2) is 0 Å². The number of fused-ring (bicyclic) bond motifs is 4. The maximum Gasteiger partial charge on any atom is 0.0540 e. The fourth-order valence-corrected chi connectivity index (χ4v) is 8.01. The van der Waals surface area contributed by atoms with E-state index >= 15 is 0 Å². The van der Waals surface area contributed by atoms with Crippen molar-refractivity contribution in [2.24, 2.45) is 0 Å². The maximum atomic E-state index is 2.47. The Labute approximate surface area is 312 Å². The van der Waals surface area contributed by atoms with E-state index in [1.807, 2.05) is 0 Å². The molecule has 0 atom stereocenters. The molecule has 0 N–H and O–H groups in total. The van der Waals surface area contributed by atoms with Crippen LogP contribution in [0.3, 0.4) is 0 Å². The lowest BCUT2D eigenvalue weighted by Gasteiger charge is -2.31. The van der Waals surface area contributed by atoms with E-state index < -0.39 is 0 Å². The number of benzene rings is 9. The number of anilines is 3. The highest BCUT2D eigenvalue weighted by Gasteiger charge is 2.23. The minimum atomic E-state index is 0.0433. The number of para-hydroxylation sites is 2. The Balaban J connectivity index is 1.32. The Bertz CT molecular complexity index is 2750. The molecule has 0 aliphatic carbocycles.